The van der Waals surface area contributed by atoms with Crippen LogP contribution >= 0.6 is 11.6 Å². The van der Waals surface area contributed by atoms with Crippen LogP contribution in [-0.2, 0) is 21.7 Å². The summed E-state index contributed by atoms with van der Waals surface area (Å²) >= 11 is 5.92. The first kappa shape index (κ1) is 19.8. The van der Waals surface area contributed by atoms with E-state index in [4.69, 9.17) is 16.3 Å². The molecule has 0 bridgehead atoms. The number of benzene rings is 1. The maximum atomic E-state index is 13.0. The first-order chi connectivity index (χ1) is 15.0. The number of aromatic amines is 1. The number of fused-ring (bicyclic) bond motifs is 2. The highest BCUT2D eigenvalue weighted by atomic mass is 35.5. The molecule has 2 aromatic heterocycles. The highest BCUT2D eigenvalue weighted by Crippen LogP contribution is 2.40. The van der Waals surface area contributed by atoms with Gasteiger partial charge in [-0.3, -0.25) is 14.7 Å². The van der Waals surface area contributed by atoms with Crippen LogP contribution in [-0.4, -0.2) is 55.7 Å². The maximum Gasteiger partial charge on any atom is 0.271 e. The van der Waals surface area contributed by atoms with Crippen LogP contribution in [0, 0.1) is 0 Å². The van der Waals surface area contributed by atoms with Gasteiger partial charge in [-0.2, -0.15) is 5.10 Å². The number of aromatic nitrogens is 4. The van der Waals surface area contributed by atoms with E-state index in [1.54, 1.807) is 47.6 Å². The highest BCUT2D eigenvalue weighted by molar-refractivity contribution is 6.30. The standard InChI is InChI=1S/C21H21ClN6O3/c22-14-1-3-15(4-2-14)25-18(29)17-13-28-12-9-23-20(28)21(31-17)6-10-27(11-7-21)19(30)16-5-8-24-26-16/h1-5,8-9,12,17H,6-7,10-11,13H2,(H,24,26)(H,25,29). The van der Waals surface area contributed by atoms with Crippen LogP contribution in [0.15, 0.2) is 48.9 Å². The molecule has 1 unspecified atom stereocenters. The van der Waals surface area contributed by atoms with Crippen molar-refractivity contribution in [2.75, 3.05) is 18.4 Å². The van der Waals surface area contributed by atoms with Crippen LogP contribution in [0.2, 0.25) is 5.02 Å². The number of ether oxygens (including phenoxy) is 1. The smallest absolute Gasteiger partial charge is 0.271 e. The fraction of sp³-hybridized carbons (Fsp3) is 0.333. The van der Waals surface area contributed by atoms with E-state index in [0.29, 0.717) is 48.9 Å². The molecule has 1 aromatic carbocycles. The van der Waals surface area contributed by atoms with Gasteiger partial charge in [-0.15, -0.1) is 0 Å². The summed E-state index contributed by atoms with van der Waals surface area (Å²) in [6.07, 6.45) is 5.58. The summed E-state index contributed by atoms with van der Waals surface area (Å²) in [6.45, 7) is 1.37. The second-order valence-electron chi connectivity index (χ2n) is 7.76. The second-order valence-corrected chi connectivity index (χ2v) is 8.20. The number of carbonyl (C=O) groups is 2. The molecule has 5 rings (SSSR count). The minimum atomic E-state index is -0.714. The third kappa shape index (κ3) is 3.70. The van der Waals surface area contributed by atoms with Gasteiger partial charge in [0.25, 0.3) is 11.8 Å². The van der Waals surface area contributed by atoms with Gasteiger partial charge < -0.3 is 19.5 Å². The average Bonchev–Trinajstić information content (AvgIpc) is 3.48. The topological polar surface area (TPSA) is 105 Å². The molecule has 1 fully saturated rings. The Morgan fingerprint density at radius 2 is 1.94 bits per heavy atom. The van der Waals surface area contributed by atoms with Crippen LogP contribution in [0.1, 0.15) is 29.2 Å². The van der Waals surface area contributed by atoms with Gasteiger partial charge in [-0.1, -0.05) is 11.6 Å². The number of carbonyl (C=O) groups excluding carboxylic acids is 2. The summed E-state index contributed by atoms with van der Waals surface area (Å²) in [5.41, 5.74) is 0.403. The van der Waals surface area contributed by atoms with Gasteiger partial charge in [-0.25, -0.2) is 4.98 Å². The van der Waals surface area contributed by atoms with Gasteiger partial charge in [0.2, 0.25) is 0 Å². The molecule has 2 N–H and O–H groups in total. The molecule has 4 heterocycles. The molecule has 2 amide bonds. The fourth-order valence-electron chi connectivity index (χ4n) is 4.25. The molecule has 0 aliphatic carbocycles. The van der Waals surface area contributed by atoms with E-state index in [0.717, 1.165) is 5.82 Å². The molecule has 2 aliphatic heterocycles. The summed E-state index contributed by atoms with van der Waals surface area (Å²) in [5.74, 6) is 0.484. The summed E-state index contributed by atoms with van der Waals surface area (Å²) in [5, 5.41) is 10.1. The molecular weight excluding hydrogens is 420 g/mol. The number of amides is 2. The number of halogens is 1. The number of H-pyrrole nitrogens is 1. The van der Waals surface area contributed by atoms with Gasteiger partial charge in [0.15, 0.2) is 6.10 Å². The van der Waals surface area contributed by atoms with Crippen molar-refractivity contribution < 1.29 is 14.3 Å². The fourth-order valence-corrected chi connectivity index (χ4v) is 4.37. The van der Waals surface area contributed by atoms with E-state index < -0.39 is 11.7 Å². The lowest BCUT2D eigenvalue weighted by Crippen LogP contribution is -2.54. The highest BCUT2D eigenvalue weighted by Gasteiger charge is 2.47. The molecule has 0 radical (unpaired) electrons. The lowest BCUT2D eigenvalue weighted by Gasteiger charge is -2.45. The summed E-state index contributed by atoms with van der Waals surface area (Å²) in [7, 11) is 0. The zero-order valence-corrected chi connectivity index (χ0v) is 17.4. The largest absolute Gasteiger partial charge is 0.352 e. The minimum absolute atomic E-state index is 0.0940. The lowest BCUT2D eigenvalue weighted by atomic mass is 9.88. The quantitative estimate of drug-likeness (QED) is 0.650. The normalized spacial score (nSPS) is 19.8. The van der Waals surface area contributed by atoms with Crippen LogP contribution in [0.3, 0.4) is 0 Å². The molecular formula is C21H21ClN6O3. The zero-order chi connectivity index (χ0) is 21.4. The van der Waals surface area contributed by atoms with Crippen LogP contribution in [0.5, 0.6) is 0 Å². The van der Waals surface area contributed by atoms with Gasteiger partial charge >= 0.3 is 0 Å². The zero-order valence-electron chi connectivity index (χ0n) is 16.6. The Morgan fingerprint density at radius 1 is 1.16 bits per heavy atom. The third-order valence-electron chi connectivity index (χ3n) is 5.85. The molecule has 0 saturated carbocycles. The second kappa shape index (κ2) is 7.82. The van der Waals surface area contributed by atoms with Crippen molar-refractivity contribution in [1.82, 2.24) is 24.6 Å². The molecule has 1 atom stereocenters. The van der Waals surface area contributed by atoms with Gasteiger partial charge in [0.05, 0.1) is 6.54 Å². The number of imidazole rings is 1. The monoisotopic (exact) mass is 440 g/mol. The van der Waals surface area contributed by atoms with Crippen molar-refractivity contribution >= 4 is 29.1 Å². The summed E-state index contributed by atoms with van der Waals surface area (Å²) in [4.78, 5) is 31.9. The van der Waals surface area contributed by atoms with E-state index in [-0.39, 0.29) is 11.8 Å². The number of rotatable bonds is 3. The third-order valence-corrected chi connectivity index (χ3v) is 6.10. The SMILES string of the molecule is O=C(Nc1ccc(Cl)cc1)C1Cn2ccnc2C2(CCN(C(=O)c3ccn[nH]3)CC2)O1. The Balaban J connectivity index is 1.32. The van der Waals surface area contributed by atoms with Crippen LogP contribution in [0.4, 0.5) is 5.69 Å². The number of likely N-dealkylation sites (tertiary alicyclic amines) is 1. The van der Waals surface area contributed by atoms with E-state index in [2.05, 4.69) is 20.5 Å². The van der Waals surface area contributed by atoms with Crippen molar-refractivity contribution in [2.45, 2.75) is 31.1 Å². The van der Waals surface area contributed by atoms with Crippen LogP contribution < -0.4 is 5.32 Å². The number of nitrogens with zero attached hydrogens (tertiary/aromatic N) is 4. The van der Waals surface area contributed by atoms with Crippen molar-refractivity contribution in [2.24, 2.45) is 0 Å². The molecule has 3 aromatic rings. The number of piperidine rings is 1. The molecule has 160 valence electrons. The maximum absolute atomic E-state index is 13.0. The van der Waals surface area contributed by atoms with Crippen molar-refractivity contribution in [3.63, 3.8) is 0 Å². The Labute approximate surface area is 183 Å². The first-order valence-electron chi connectivity index (χ1n) is 10.1. The molecule has 1 spiro atoms. The average molecular weight is 441 g/mol. The first-order valence-corrected chi connectivity index (χ1v) is 10.5. The molecule has 9 nitrogen and oxygen atoms in total. The Kier molecular flexibility index (Phi) is 4.99. The Bertz CT molecular complexity index is 1090. The van der Waals surface area contributed by atoms with E-state index in [1.165, 1.54) is 0 Å². The Hall–Kier alpha value is -3.17. The van der Waals surface area contributed by atoms with Gasteiger partial charge in [0, 0.05) is 55.2 Å². The molecule has 1 saturated heterocycles. The van der Waals surface area contributed by atoms with E-state index in [9.17, 15) is 9.59 Å². The van der Waals surface area contributed by atoms with Crippen LogP contribution in [0.25, 0.3) is 0 Å². The van der Waals surface area contributed by atoms with Gasteiger partial charge in [0.1, 0.15) is 17.1 Å². The number of hydrogen-bond acceptors (Lipinski definition) is 5. The number of nitrogens with one attached hydrogen (secondary N) is 2. The lowest BCUT2D eigenvalue weighted by molar-refractivity contribution is -0.168. The summed E-state index contributed by atoms with van der Waals surface area (Å²) in [6, 6.07) is 8.61. The molecule has 2 aliphatic rings. The predicted molar refractivity (Wildman–Crippen MR) is 113 cm³/mol. The molecule has 10 heteroatoms. The number of anilines is 1. The predicted octanol–water partition coefficient (Wildman–Crippen LogP) is 2.43. The minimum Gasteiger partial charge on any atom is -0.352 e. The van der Waals surface area contributed by atoms with Crippen molar-refractivity contribution in [3.05, 3.63) is 65.5 Å². The van der Waals surface area contributed by atoms with E-state index in [1.807, 2.05) is 10.8 Å². The Morgan fingerprint density at radius 3 is 2.65 bits per heavy atom. The van der Waals surface area contributed by atoms with Crippen molar-refractivity contribution in [3.8, 4) is 0 Å². The van der Waals surface area contributed by atoms with E-state index >= 15 is 0 Å². The summed E-state index contributed by atoms with van der Waals surface area (Å²) < 4.78 is 8.37. The molecule has 31 heavy (non-hydrogen) atoms. The van der Waals surface area contributed by atoms with Gasteiger partial charge in [-0.05, 0) is 30.3 Å². The van der Waals surface area contributed by atoms with Crippen molar-refractivity contribution in [1.29, 1.82) is 0 Å². The number of hydrogen-bond donors (Lipinski definition) is 2.